The Morgan fingerprint density at radius 1 is 1.23 bits per heavy atom. The smallest absolute Gasteiger partial charge is 0.248 e. The van der Waals surface area contributed by atoms with Gasteiger partial charge >= 0.3 is 0 Å². The van der Waals surface area contributed by atoms with Crippen LogP contribution in [0, 0.1) is 5.82 Å². The lowest BCUT2D eigenvalue weighted by Gasteiger charge is -2.07. The predicted molar refractivity (Wildman–Crippen MR) is 90.4 cm³/mol. The van der Waals surface area contributed by atoms with E-state index in [0.29, 0.717) is 5.69 Å². The number of halogens is 2. The molecule has 2 amide bonds. The lowest BCUT2D eigenvalue weighted by Crippen LogP contribution is -2.10. The molecule has 0 radical (unpaired) electrons. The van der Waals surface area contributed by atoms with Gasteiger partial charge in [-0.05, 0) is 52.3 Å². The van der Waals surface area contributed by atoms with Crippen molar-refractivity contribution in [3.05, 3.63) is 50.9 Å². The van der Waals surface area contributed by atoms with Crippen molar-refractivity contribution in [1.82, 2.24) is 0 Å². The first-order valence-electron chi connectivity index (χ1n) is 6.25. The van der Waals surface area contributed by atoms with Crippen molar-refractivity contribution in [2.45, 2.75) is 6.92 Å². The van der Waals surface area contributed by atoms with Gasteiger partial charge in [-0.2, -0.15) is 0 Å². The molecule has 7 heteroatoms. The predicted octanol–water partition coefficient (Wildman–Crippen LogP) is 4.26. The summed E-state index contributed by atoms with van der Waals surface area (Å²) in [6, 6.07) is 7.74. The molecule has 2 aromatic rings. The second-order valence-corrected chi connectivity index (χ2v) is 6.83. The number of amides is 2. The number of nitrogens with one attached hydrogen (secondary N) is 2. The topological polar surface area (TPSA) is 58.2 Å². The van der Waals surface area contributed by atoms with Gasteiger partial charge in [0.25, 0.3) is 0 Å². The van der Waals surface area contributed by atoms with E-state index in [2.05, 4.69) is 26.6 Å². The highest BCUT2D eigenvalue weighted by Gasteiger charge is 2.06. The van der Waals surface area contributed by atoms with E-state index in [0.717, 1.165) is 8.66 Å². The van der Waals surface area contributed by atoms with E-state index in [9.17, 15) is 14.0 Å². The molecule has 2 N–H and O–H groups in total. The molecular formula is C15H12BrFN2O2S. The molecule has 0 saturated carbocycles. The van der Waals surface area contributed by atoms with Crippen LogP contribution in [0.5, 0.6) is 0 Å². The molecule has 0 bridgehead atoms. The highest BCUT2D eigenvalue weighted by Crippen LogP contribution is 2.23. The van der Waals surface area contributed by atoms with Gasteiger partial charge in [0.1, 0.15) is 5.82 Å². The van der Waals surface area contributed by atoms with Crippen molar-refractivity contribution >= 4 is 56.5 Å². The number of benzene rings is 1. The normalized spacial score (nSPS) is 10.7. The fraction of sp³-hybridized carbons (Fsp3) is 0.0667. The highest BCUT2D eigenvalue weighted by molar-refractivity contribution is 9.11. The summed E-state index contributed by atoms with van der Waals surface area (Å²) >= 11 is 4.84. The Hall–Kier alpha value is -1.99. The lowest BCUT2D eigenvalue weighted by molar-refractivity contribution is -0.114. The summed E-state index contributed by atoms with van der Waals surface area (Å²) < 4.78 is 14.5. The van der Waals surface area contributed by atoms with Crippen molar-refractivity contribution in [3.8, 4) is 0 Å². The summed E-state index contributed by atoms with van der Waals surface area (Å²) in [5, 5.41) is 4.97. The van der Waals surface area contributed by atoms with Gasteiger partial charge in [-0.25, -0.2) is 4.39 Å². The molecular weight excluding hydrogens is 371 g/mol. The van der Waals surface area contributed by atoms with Gasteiger partial charge in [-0.1, -0.05) is 0 Å². The standard InChI is InChI=1S/C15H12BrFN2O2S/c1-9(20)18-13-8-10(2-5-12(13)17)19-15(21)7-4-11-3-6-14(16)22-11/h2-8H,1H3,(H,18,20)(H,19,21)/b7-4+. The minimum absolute atomic E-state index is 0.0245. The molecule has 0 aliphatic rings. The molecule has 0 spiro atoms. The van der Waals surface area contributed by atoms with E-state index in [-0.39, 0.29) is 17.5 Å². The Bertz CT molecular complexity index is 743. The molecule has 0 unspecified atom stereocenters. The van der Waals surface area contributed by atoms with E-state index in [1.54, 1.807) is 6.08 Å². The van der Waals surface area contributed by atoms with Crippen LogP contribution in [-0.2, 0) is 9.59 Å². The van der Waals surface area contributed by atoms with Gasteiger partial charge in [0.15, 0.2) is 0 Å². The maximum Gasteiger partial charge on any atom is 0.248 e. The minimum atomic E-state index is -0.563. The van der Waals surface area contributed by atoms with Crippen LogP contribution in [-0.4, -0.2) is 11.8 Å². The molecule has 114 valence electrons. The van der Waals surface area contributed by atoms with Gasteiger partial charge in [-0.15, -0.1) is 11.3 Å². The zero-order valence-electron chi connectivity index (χ0n) is 11.5. The van der Waals surface area contributed by atoms with Crippen LogP contribution in [0.2, 0.25) is 0 Å². The summed E-state index contributed by atoms with van der Waals surface area (Å²) in [7, 11) is 0. The Labute approximate surface area is 139 Å². The van der Waals surface area contributed by atoms with Gasteiger partial charge in [0.05, 0.1) is 9.47 Å². The van der Waals surface area contributed by atoms with Gasteiger partial charge in [0, 0.05) is 23.6 Å². The summed E-state index contributed by atoms with van der Waals surface area (Å²) in [6.45, 7) is 1.28. The zero-order valence-corrected chi connectivity index (χ0v) is 13.9. The van der Waals surface area contributed by atoms with E-state index in [1.807, 2.05) is 12.1 Å². The Morgan fingerprint density at radius 3 is 2.64 bits per heavy atom. The summed E-state index contributed by atoms with van der Waals surface area (Å²) in [5.74, 6) is -1.29. The molecule has 0 fully saturated rings. The third-order valence-corrected chi connectivity index (χ3v) is 4.13. The fourth-order valence-corrected chi connectivity index (χ4v) is 2.97. The monoisotopic (exact) mass is 382 g/mol. The van der Waals surface area contributed by atoms with Crippen molar-refractivity contribution < 1.29 is 14.0 Å². The van der Waals surface area contributed by atoms with E-state index in [4.69, 9.17) is 0 Å². The lowest BCUT2D eigenvalue weighted by atomic mass is 10.2. The van der Waals surface area contributed by atoms with Crippen LogP contribution in [0.1, 0.15) is 11.8 Å². The Morgan fingerprint density at radius 2 is 2.00 bits per heavy atom. The number of hydrogen-bond acceptors (Lipinski definition) is 3. The quantitative estimate of drug-likeness (QED) is 0.776. The minimum Gasteiger partial charge on any atom is -0.324 e. The number of hydrogen-bond donors (Lipinski definition) is 2. The Kier molecular flexibility index (Phi) is 5.46. The van der Waals surface area contributed by atoms with E-state index in [1.165, 1.54) is 42.5 Å². The van der Waals surface area contributed by atoms with Crippen LogP contribution in [0.25, 0.3) is 6.08 Å². The second kappa shape index (κ2) is 7.33. The molecule has 0 aliphatic carbocycles. The molecule has 22 heavy (non-hydrogen) atoms. The maximum absolute atomic E-state index is 13.5. The largest absolute Gasteiger partial charge is 0.324 e. The van der Waals surface area contributed by atoms with Crippen LogP contribution in [0.4, 0.5) is 15.8 Å². The SMILES string of the molecule is CC(=O)Nc1cc(NC(=O)/C=C/c2ccc(Br)s2)ccc1F. The average Bonchev–Trinajstić information content (AvgIpc) is 2.85. The van der Waals surface area contributed by atoms with Crippen LogP contribution >= 0.6 is 27.3 Å². The maximum atomic E-state index is 13.5. The number of anilines is 2. The number of carbonyl (C=O) groups excluding carboxylic acids is 2. The molecule has 0 aliphatic heterocycles. The molecule has 0 saturated heterocycles. The van der Waals surface area contributed by atoms with Gasteiger partial charge in [-0.3, -0.25) is 9.59 Å². The van der Waals surface area contributed by atoms with E-state index >= 15 is 0 Å². The van der Waals surface area contributed by atoms with Crippen LogP contribution in [0.3, 0.4) is 0 Å². The highest BCUT2D eigenvalue weighted by atomic mass is 79.9. The second-order valence-electron chi connectivity index (χ2n) is 4.34. The molecule has 1 heterocycles. The van der Waals surface area contributed by atoms with Crippen LogP contribution in [0.15, 0.2) is 40.2 Å². The first kappa shape index (κ1) is 16.4. The third-order valence-electron chi connectivity index (χ3n) is 2.54. The molecule has 1 aromatic heterocycles. The number of carbonyl (C=O) groups is 2. The Balaban J connectivity index is 2.05. The van der Waals surface area contributed by atoms with Crippen molar-refractivity contribution in [1.29, 1.82) is 0 Å². The third kappa shape index (κ3) is 4.78. The molecule has 0 atom stereocenters. The summed E-state index contributed by atoms with van der Waals surface area (Å²) in [5.41, 5.74) is 0.420. The van der Waals surface area contributed by atoms with Gasteiger partial charge in [0.2, 0.25) is 11.8 Å². The summed E-state index contributed by atoms with van der Waals surface area (Å²) in [6.07, 6.45) is 3.07. The fourth-order valence-electron chi connectivity index (χ4n) is 1.65. The van der Waals surface area contributed by atoms with E-state index < -0.39 is 5.82 Å². The molecule has 2 rings (SSSR count). The molecule has 1 aromatic carbocycles. The summed E-state index contributed by atoms with van der Waals surface area (Å²) in [4.78, 5) is 23.7. The van der Waals surface area contributed by atoms with Crippen molar-refractivity contribution in [2.75, 3.05) is 10.6 Å². The number of rotatable bonds is 4. The van der Waals surface area contributed by atoms with Gasteiger partial charge < -0.3 is 10.6 Å². The first-order valence-corrected chi connectivity index (χ1v) is 7.86. The number of thiophene rings is 1. The zero-order chi connectivity index (χ0) is 16.1. The average molecular weight is 383 g/mol. The van der Waals surface area contributed by atoms with Crippen molar-refractivity contribution in [2.24, 2.45) is 0 Å². The first-order chi connectivity index (χ1) is 10.4. The molecule has 4 nitrogen and oxygen atoms in total. The van der Waals surface area contributed by atoms with Crippen LogP contribution < -0.4 is 10.6 Å². The van der Waals surface area contributed by atoms with Crippen molar-refractivity contribution in [3.63, 3.8) is 0 Å².